The van der Waals surface area contributed by atoms with E-state index < -0.39 is 0 Å². The van der Waals surface area contributed by atoms with Crippen LogP contribution in [0.1, 0.15) is 19.4 Å². The van der Waals surface area contributed by atoms with Crippen LogP contribution >= 0.6 is 11.8 Å². The second-order valence-electron chi connectivity index (χ2n) is 7.66. The highest BCUT2D eigenvalue weighted by atomic mass is 32.2. The predicted molar refractivity (Wildman–Crippen MR) is 128 cm³/mol. The normalized spacial score (nSPS) is 11.1. The molecule has 3 aromatic carbocycles. The molecule has 5 heteroatoms. The van der Waals surface area contributed by atoms with E-state index in [0.29, 0.717) is 12.3 Å². The highest BCUT2D eigenvalue weighted by Gasteiger charge is 2.19. The highest BCUT2D eigenvalue weighted by Crippen LogP contribution is 2.31. The number of carbonyl (C=O) groups excluding carboxylic acids is 1. The molecular formula is C26H25N3OS. The molecule has 1 amide bonds. The zero-order chi connectivity index (χ0) is 21.6. The van der Waals surface area contributed by atoms with Crippen molar-refractivity contribution in [3.05, 3.63) is 90.5 Å². The summed E-state index contributed by atoms with van der Waals surface area (Å²) in [6, 6.07) is 28.4. The summed E-state index contributed by atoms with van der Waals surface area (Å²) >= 11 is 1.45. The van der Waals surface area contributed by atoms with Gasteiger partial charge >= 0.3 is 0 Å². The van der Waals surface area contributed by atoms with Gasteiger partial charge in [-0.05, 0) is 19.4 Å². The van der Waals surface area contributed by atoms with E-state index in [0.717, 1.165) is 32.6 Å². The maximum atomic E-state index is 13.0. The van der Waals surface area contributed by atoms with Crippen LogP contribution in [0.4, 0.5) is 0 Å². The van der Waals surface area contributed by atoms with Gasteiger partial charge in [-0.15, -0.1) is 10.2 Å². The van der Waals surface area contributed by atoms with E-state index in [9.17, 15) is 4.79 Å². The third-order valence-corrected chi connectivity index (χ3v) is 6.14. The SMILES string of the molecule is CC(C)N(Cc1ccccc1)C(=O)CSc1nnc(-c2ccccc2)c2ccccc12. The van der Waals surface area contributed by atoms with Crippen LogP contribution in [0, 0.1) is 0 Å². The van der Waals surface area contributed by atoms with E-state index in [1.807, 2.05) is 71.6 Å². The Bertz CT molecular complexity index is 1160. The lowest BCUT2D eigenvalue weighted by Crippen LogP contribution is -2.37. The molecule has 31 heavy (non-hydrogen) atoms. The fourth-order valence-corrected chi connectivity index (χ4v) is 4.41. The zero-order valence-electron chi connectivity index (χ0n) is 17.7. The number of rotatable bonds is 7. The molecule has 0 aliphatic heterocycles. The highest BCUT2D eigenvalue weighted by molar-refractivity contribution is 8.00. The molecule has 0 bridgehead atoms. The van der Waals surface area contributed by atoms with Crippen molar-refractivity contribution < 1.29 is 4.79 Å². The van der Waals surface area contributed by atoms with E-state index in [1.165, 1.54) is 11.8 Å². The summed E-state index contributed by atoms with van der Waals surface area (Å²) in [5.41, 5.74) is 3.03. The maximum Gasteiger partial charge on any atom is 0.233 e. The van der Waals surface area contributed by atoms with Gasteiger partial charge in [-0.1, -0.05) is 96.7 Å². The first-order valence-corrected chi connectivity index (χ1v) is 11.4. The summed E-state index contributed by atoms with van der Waals surface area (Å²) in [5.74, 6) is 0.427. The topological polar surface area (TPSA) is 46.1 Å². The number of aromatic nitrogens is 2. The molecule has 0 unspecified atom stereocenters. The van der Waals surface area contributed by atoms with Crippen LogP contribution < -0.4 is 0 Å². The number of fused-ring (bicyclic) bond motifs is 1. The summed E-state index contributed by atoms with van der Waals surface area (Å²) in [5, 5.41) is 11.8. The van der Waals surface area contributed by atoms with Gasteiger partial charge in [-0.25, -0.2) is 0 Å². The van der Waals surface area contributed by atoms with E-state index in [1.54, 1.807) is 0 Å². The molecule has 0 spiro atoms. The Morgan fingerprint density at radius 2 is 1.45 bits per heavy atom. The van der Waals surface area contributed by atoms with E-state index >= 15 is 0 Å². The first-order chi connectivity index (χ1) is 15.1. The van der Waals surface area contributed by atoms with Crippen molar-refractivity contribution in [2.75, 3.05) is 5.75 Å². The van der Waals surface area contributed by atoms with Crippen molar-refractivity contribution in [1.29, 1.82) is 0 Å². The van der Waals surface area contributed by atoms with Crippen LogP contribution in [0.3, 0.4) is 0 Å². The van der Waals surface area contributed by atoms with Crippen LogP contribution in [0.5, 0.6) is 0 Å². The lowest BCUT2D eigenvalue weighted by atomic mass is 10.1. The van der Waals surface area contributed by atoms with Gasteiger partial charge in [-0.3, -0.25) is 4.79 Å². The third-order valence-electron chi connectivity index (χ3n) is 5.17. The number of benzene rings is 3. The lowest BCUT2D eigenvalue weighted by Gasteiger charge is -2.27. The average Bonchev–Trinajstić information content (AvgIpc) is 2.82. The Hall–Kier alpha value is -3.18. The number of hydrogen-bond acceptors (Lipinski definition) is 4. The molecule has 0 aliphatic carbocycles. The molecule has 156 valence electrons. The minimum absolute atomic E-state index is 0.0990. The van der Waals surface area contributed by atoms with Crippen molar-refractivity contribution in [3.8, 4) is 11.3 Å². The molecule has 1 aromatic heterocycles. The van der Waals surface area contributed by atoms with Crippen LogP contribution in [0.2, 0.25) is 0 Å². The summed E-state index contributed by atoms with van der Waals surface area (Å²) in [7, 11) is 0. The van der Waals surface area contributed by atoms with Crippen molar-refractivity contribution >= 4 is 28.4 Å². The Kier molecular flexibility index (Phi) is 6.63. The zero-order valence-corrected chi connectivity index (χ0v) is 18.5. The van der Waals surface area contributed by atoms with Gasteiger partial charge in [0.2, 0.25) is 5.91 Å². The number of amides is 1. The van der Waals surface area contributed by atoms with E-state index in [4.69, 9.17) is 0 Å². The molecule has 0 saturated carbocycles. The third kappa shape index (κ3) is 4.94. The van der Waals surface area contributed by atoms with Crippen LogP contribution in [-0.2, 0) is 11.3 Å². The van der Waals surface area contributed by atoms with Gasteiger partial charge in [0, 0.05) is 28.9 Å². The molecule has 0 saturated heterocycles. The molecule has 0 aliphatic rings. The monoisotopic (exact) mass is 427 g/mol. The fourth-order valence-electron chi connectivity index (χ4n) is 3.55. The number of nitrogens with zero attached hydrogens (tertiary/aromatic N) is 3. The Morgan fingerprint density at radius 3 is 2.13 bits per heavy atom. The summed E-state index contributed by atoms with van der Waals surface area (Å²) in [6.07, 6.45) is 0. The van der Waals surface area contributed by atoms with Crippen LogP contribution in [-0.4, -0.2) is 32.8 Å². The largest absolute Gasteiger partial charge is 0.335 e. The Morgan fingerprint density at radius 1 is 0.839 bits per heavy atom. The van der Waals surface area contributed by atoms with Crippen molar-refractivity contribution in [3.63, 3.8) is 0 Å². The molecule has 4 nitrogen and oxygen atoms in total. The van der Waals surface area contributed by atoms with Gasteiger partial charge in [0.1, 0.15) is 10.7 Å². The predicted octanol–water partition coefficient (Wildman–Crippen LogP) is 5.83. The first kappa shape index (κ1) is 21.1. The first-order valence-electron chi connectivity index (χ1n) is 10.4. The standard InChI is InChI=1S/C26H25N3OS/c1-19(2)29(17-20-11-5-3-6-12-20)24(30)18-31-26-23-16-10-9-15-22(23)25(27-28-26)21-13-7-4-8-14-21/h3-16,19H,17-18H2,1-2H3. The summed E-state index contributed by atoms with van der Waals surface area (Å²) in [6.45, 7) is 4.71. The minimum atomic E-state index is 0.0990. The van der Waals surface area contributed by atoms with E-state index in [2.05, 4.69) is 42.2 Å². The fraction of sp³-hybridized carbons (Fsp3) is 0.192. The van der Waals surface area contributed by atoms with Crippen LogP contribution in [0.25, 0.3) is 22.0 Å². The molecule has 1 heterocycles. The smallest absolute Gasteiger partial charge is 0.233 e. The summed E-state index contributed by atoms with van der Waals surface area (Å²) < 4.78 is 0. The van der Waals surface area contributed by atoms with Gasteiger partial charge in [0.05, 0.1) is 5.75 Å². The number of hydrogen-bond donors (Lipinski definition) is 0. The number of thioether (sulfide) groups is 1. The summed E-state index contributed by atoms with van der Waals surface area (Å²) in [4.78, 5) is 15.0. The quantitative estimate of drug-likeness (QED) is 0.348. The molecule has 0 atom stereocenters. The maximum absolute atomic E-state index is 13.0. The molecule has 4 rings (SSSR count). The lowest BCUT2D eigenvalue weighted by molar-refractivity contribution is -0.130. The average molecular weight is 428 g/mol. The molecule has 0 N–H and O–H groups in total. The van der Waals surface area contributed by atoms with Gasteiger partial charge in [0.25, 0.3) is 0 Å². The Balaban J connectivity index is 1.55. The molecular weight excluding hydrogens is 402 g/mol. The van der Waals surface area contributed by atoms with Gasteiger partial charge in [-0.2, -0.15) is 0 Å². The van der Waals surface area contributed by atoms with Gasteiger partial charge in [0.15, 0.2) is 0 Å². The Labute approximate surface area is 187 Å². The minimum Gasteiger partial charge on any atom is -0.335 e. The van der Waals surface area contributed by atoms with Crippen LogP contribution in [0.15, 0.2) is 90.0 Å². The van der Waals surface area contributed by atoms with E-state index in [-0.39, 0.29) is 11.9 Å². The number of carbonyl (C=O) groups is 1. The van der Waals surface area contributed by atoms with Crippen molar-refractivity contribution in [1.82, 2.24) is 15.1 Å². The molecule has 4 aromatic rings. The van der Waals surface area contributed by atoms with Crippen molar-refractivity contribution in [2.45, 2.75) is 31.5 Å². The second kappa shape index (κ2) is 9.75. The molecule has 0 fully saturated rings. The molecule has 0 radical (unpaired) electrons. The van der Waals surface area contributed by atoms with Crippen molar-refractivity contribution in [2.24, 2.45) is 0 Å². The second-order valence-corrected chi connectivity index (χ2v) is 8.62. The van der Waals surface area contributed by atoms with Gasteiger partial charge < -0.3 is 4.90 Å².